The zero-order chi connectivity index (χ0) is 12.5. The Labute approximate surface area is 104 Å². The second kappa shape index (κ2) is 4.69. The first kappa shape index (κ1) is 12.4. The molecule has 0 aliphatic carbocycles. The minimum Gasteiger partial charge on any atom is -0.476 e. The van der Waals surface area contributed by atoms with Crippen LogP contribution in [0.5, 0.6) is 0 Å². The van der Waals surface area contributed by atoms with Crippen molar-refractivity contribution < 1.29 is 4.74 Å². The first-order chi connectivity index (χ1) is 8.02. The number of likely N-dealkylation sites (tertiary alicyclic amines) is 1. The van der Waals surface area contributed by atoms with E-state index in [1.54, 1.807) is 6.20 Å². The number of hydrogen-bond donors (Lipinski definition) is 1. The van der Waals surface area contributed by atoms with E-state index >= 15 is 0 Å². The normalized spacial score (nSPS) is 27.1. The van der Waals surface area contributed by atoms with E-state index in [4.69, 9.17) is 10.5 Å². The molecule has 0 amide bonds. The van der Waals surface area contributed by atoms with Gasteiger partial charge in [-0.05, 0) is 24.9 Å². The van der Waals surface area contributed by atoms with Gasteiger partial charge in [-0.1, -0.05) is 20.8 Å². The SMILES string of the molecule is CC(C)(C)/C(=C/N)C1=NCC(N2CCC2)CO1. The average molecular weight is 237 g/mol. The minimum atomic E-state index is -0.0167. The van der Waals surface area contributed by atoms with Crippen molar-refractivity contribution in [1.29, 1.82) is 0 Å². The van der Waals surface area contributed by atoms with Gasteiger partial charge in [-0.2, -0.15) is 0 Å². The molecule has 1 atom stereocenters. The maximum Gasteiger partial charge on any atom is 0.213 e. The zero-order valence-corrected chi connectivity index (χ0v) is 11.1. The lowest BCUT2D eigenvalue weighted by molar-refractivity contribution is 0.0714. The van der Waals surface area contributed by atoms with E-state index in [-0.39, 0.29) is 5.41 Å². The van der Waals surface area contributed by atoms with Gasteiger partial charge in [0.05, 0.1) is 12.6 Å². The Bertz CT molecular complexity index is 337. The standard InChI is InChI=1S/C13H23N3O/c1-13(2,3)11(7-14)12-15-8-10(9-17-12)16-5-4-6-16/h7,10H,4-6,8-9,14H2,1-3H3/b11-7+. The van der Waals surface area contributed by atoms with Crippen LogP contribution in [0.3, 0.4) is 0 Å². The molecule has 4 nitrogen and oxygen atoms in total. The molecule has 0 aromatic heterocycles. The highest BCUT2D eigenvalue weighted by Gasteiger charge is 2.30. The lowest BCUT2D eigenvalue weighted by Crippen LogP contribution is -2.50. The van der Waals surface area contributed by atoms with Crippen molar-refractivity contribution in [3.63, 3.8) is 0 Å². The molecule has 2 aliphatic rings. The molecule has 2 aliphatic heterocycles. The van der Waals surface area contributed by atoms with Gasteiger partial charge in [0.2, 0.25) is 5.90 Å². The Morgan fingerprint density at radius 2 is 2.18 bits per heavy atom. The molecule has 4 heteroatoms. The van der Waals surface area contributed by atoms with Crippen molar-refractivity contribution >= 4 is 5.90 Å². The highest BCUT2D eigenvalue weighted by atomic mass is 16.5. The molecule has 2 N–H and O–H groups in total. The molecule has 1 fully saturated rings. The van der Waals surface area contributed by atoms with Gasteiger partial charge < -0.3 is 10.5 Å². The number of nitrogens with zero attached hydrogens (tertiary/aromatic N) is 2. The van der Waals surface area contributed by atoms with Crippen molar-refractivity contribution in [2.45, 2.75) is 33.2 Å². The Kier molecular flexibility index (Phi) is 3.43. The number of rotatable bonds is 2. The molecule has 1 unspecified atom stereocenters. The molecule has 0 spiro atoms. The molecule has 2 heterocycles. The Morgan fingerprint density at radius 1 is 1.47 bits per heavy atom. The van der Waals surface area contributed by atoms with Crippen LogP contribution in [0.4, 0.5) is 0 Å². The molecular formula is C13H23N3O. The summed E-state index contributed by atoms with van der Waals surface area (Å²) in [5.74, 6) is 0.733. The minimum absolute atomic E-state index is 0.0167. The summed E-state index contributed by atoms with van der Waals surface area (Å²) in [7, 11) is 0. The smallest absolute Gasteiger partial charge is 0.213 e. The quantitative estimate of drug-likeness (QED) is 0.789. The molecule has 17 heavy (non-hydrogen) atoms. The van der Waals surface area contributed by atoms with Crippen molar-refractivity contribution in [2.75, 3.05) is 26.2 Å². The van der Waals surface area contributed by atoms with E-state index in [0.717, 1.165) is 24.6 Å². The second-order valence-electron chi connectivity index (χ2n) is 5.83. The number of aliphatic imine (C=N–C) groups is 1. The number of ether oxygens (including phenoxy) is 1. The van der Waals surface area contributed by atoms with E-state index in [9.17, 15) is 0 Å². The third kappa shape index (κ3) is 2.63. The van der Waals surface area contributed by atoms with Gasteiger partial charge in [0.25, 0.3) is 0 Å². The summed E-state index contributed by atoms with van der Waals surface area (Å²) >= 11 is 0. The van der Waals surface area contributed by atoms with Crippen molar-refractivity contribution in [3.05, 3.63) is 11.8 Å². The summed E-state index contributed by atoms with van der Waals surface area (Å²) in [4.78, 5) is 6.99. The van der Waals surface area contributed by atoms with Crippen LogP contribution in [0, 0.1) is 5.41 Å². The van der Waals surface area contributed by atoms with Crippen LogP contribution in [-0.4, -0.2) is 43.1 Å². The zero-order valence-electron chi connectivity index (χ0n) is 11.1. The molecule has 96 valence electrons. The molecule has 0 radical (unpaired) electrons. The van der Waals surface area contributed by atoms with Gasteiger partial charge in [0, 0.05) is 11.8 Å². The third-order valence-electron chi connectivity index (χ3n) is 3.47. The van der Waals surface area contributed by atoms with Gasteiger partial charge in [0.15, 0.2) is 0 Å². The number of nitrogens with two attached hydrogens (primary N) is 1. The van der Waals surface area contributed by atoms with Gasteiger partial charge in [-0.3, -0.25) is 4.90 Å². The fraction of sp³-hybridized carbons (Fsp3) is 0.769. The third-order valence-corrected chi connectivity index (χ3v) is 3.47. The lowest BCUT2D eigenvalue weighted by Gasteiger charge is -2.39. The summed E-state index contributed by atoms with van der Waals surface area (Å²) < 4.78 is 5.79. The molecule has 0 aromatic rings. The Hall–Kier alpha value is -1.03. The van der Waals surface area contributed by atoms with Crippen LogP contribution in [0.15, 0.2) is 16.8 Å². The van der Waals surface area contributed by atoms with E-state index < -0.39 is 0 Å². The fourth-order valence-electron chi connectivity index (χ4n) is 2.19. The van der Waals surface area contributed by atoms with Crippen LogP contribution in [0.2, 0.25) is 0 Å². The van der Waals surface area contributed by atoms with Crippen LogP contribution >= 0.6 is 0 Å². The molecule has 2 rings (SSSR count). The second-order valence-corrected chi connectivity index (χ2v) is 5.83. The maximum atomic E-state index is 5.79. The molecular weight excluding hydrogens is 214 g/mol. The summed E-state index contributed by atoms with van der Waals surface area (Å²) in [5, 5.41) is 0. The Balaban J connectivity index is 2.02. The molecule has 0 saturated carbocycles. The monoisotopic (exact) mass is 237 g/mol. The predicted molar refractivity (Wildman–Crippen MR) is 70.0 cm³/mol. The van der Waals surface area contributed by atoms with Crippen molar-refractivity contribution in [1.82, 2.24) is 4.90 Å². The summed E-state index contributed by atoms with van der Waals surface area (Å²) in [5.41, 5.74) is 6.67. The average Bonchev–Trinajstić information content (AvgIpc) is 2.16. The van der Waals surface area contributed by atoms with Gasteiger partial charge in [0.1, 0.15) is 6.61 Å². The predicted octanol–water partition coefficient (Wildman–Crippen LogP) is 1.38. The Morgan fingerprint density at radius 3 is 2.53 bits per heavy atom. The largest absolute Gasteiger partial charge is 0.476 e. The summed E-state index contributed by atoms with van der Waals surface area (Å²) in [6, 6.07) is 0.464. The first-order valence-corrected chi connectivity index (χ1v) is 6.36. The van der Waals surface area contributed by atoms with Gasteiger partial charge in [-0.25, -0.2) is 4.99 Å². The van der Waals surface area contributed by atoms with Gasteiger partial charge in [-0.15, -0.1) is 0 Å². The summed E-state index contributed by atoms with van der Waals surface area (Å²) in [6.45, 7) is 10.3. The highest BCUT2D eigenvalue weighted by molar-refractivity contribution is 5.94. The number of hydrogen-bond acceptors (Lipinski definition) is 4. The maximum absolute atomic E-state index is 5.79. The van der Waals surface area contributed by atoms with E-state index in [1.165, 1.54) is 19.5 Å². The fourth-order valence-corrected chi connectivity index (χ4v) is 2.19. The van der Waals surface area contributed by atoms with E-state index in [2.05, 4.69) is 30.7 Å². The summed E-state index contributed by atoms with van der Waals surface area (Å²) in [6.07, 6.45) is 2.94. The molecule has 0 bridgehead atoms. The van der Waals surface area contributed by atoms with Crippen molar-refractivity contribution in [2.24, 2.45) is 16.1 Å². The van der Waals surface area contributed by atoms with Crippen LogP contribution < -0.4 is 5.73 Å². The van der Waals surface area contributed by atoms with E-state index in [1.807, 2.05) is 0 Å². The topological polar surface area (TPSA) is 50.8 Å². The van der Waals surface area contributed by atoms with Crippen LogP contribution in [-0.2, 0) is 4.74 Å². The van der Waals surface area contributed by atoms with Crippen LogP contribution in [0.1, 0.15) is 27.2 Å². The van der Waals surface area contributed by atoms with Crippen LogP contribution in [0.25, 0.3) is 0 Å². The molecule has 1 saturated heterocycles. The van der Waals surface area contributed by atoms with E-state index in [0.29, 0.717) is 6.04 Å². The van der Waals surface area contributed by atoms with Crippen molar-refractivity contribution in [3.8, 4) is 0 Å². The molecule has 0 aromatic carbocycles. The van der Waals surface area contributed by atoms with Gasteiger partial charge >= 0.3 is 0 Å². The lowest BCUT2D eigenvalue weighted by atomic mass is 9.86. The highest BCUT2D eigenvalue weighted by Crippen LogP contribution is 2.27. The first-order valence-electron chi connectivity index (χ1n) is 6.36.